The van der Waals surface area contributed by atoms with Gasteiger partial charge < -0.3 is 15.2 Å². The Balaban J connectivity index is 2.36. The third kappa shape index (κ3) is 5.35. The average Bonchev–Trinajstić information content (AvgIpc) is 2.70. The zero-order chi connectivity index (χ0) is 14.3. The van der Waals surface area contributed by atoms with E-state index in [2.05, 4.69) is 10.3 Å². The fraction of sp³-hybridized carbons (Fsp3) is 0.583. The first-order chi connectivity index (χ1) is 9.04. The van der Waals surface area contributed by atoms with Gasteiger partial charge in [0.1, 0.15) is 9.88 Å². The van der Waals surface area contributed by atoms with Crippen LogP contribution in [0.4, 0.5) is 0 Å². The molecule has 0 spiro atoms. The number of hydrogen-bond donors (Lipinski definition) is 2. The van der Waals surface area contributed by atoms with E-state index in [-0.39, 0.29) is 17.2 Å². The number of carboxylic acids is 1. The Kier molecular flexibility index (Phi) is 6.44. The van der Waals surface area contributed by atoms with E-state index >= 15 is 0 Å². The second kappa shape index (κ2) is 7.85. The summed E-state index contributed by atoms with van der Waals surface area (Å²) in [5.74, 6) is -1.15. The highest BCUT2D eigenvalue weighted by atomic mass is 32.1. The Morgan fingerprint density at radius 3 is 2.79 bits per heavy atom. The number of aromatic carboxylic acids is 1. The number of ether oxygens (including phenoxy) is 1. The Morgan fingerprint density at radius 2 is 2.21 bits per heavy atom. The highest BCUT2D eigenvalue weighted by Gasteiger charge is 2.15. The second-order valence-corrected chi connectivity index (χ2v) is 4.99. The van der Waals surface area contributed by atoms with Gasteiger partial charge in [-0.25, -0.2) is 9.78 Å². The normalized spacial score (nSPS) is 10.4. The van der Waals surface area contributed by atoms with Gasteiger partial charge in [0.2, 0.25) is 5.91 Å². The molecule has 0 aliphatic heterocycles. The molecule has 106 valence electrons. The summed E-state index contributed by atoms with van der Waals surface area (Å²) in [5.41, 5.74) is 0.455. The summed E-state index contributed by atoms with van der Waals surface area (Å²) >= 11 is 1.05. The fourth-order valence-corrected chi connectivity index (χ4v) is 2.37. The summed E-state index contributed by atoms with van der Waals surface area (Å²) in [6.45, 7) is 5.39. The zero-order valence-corrected chi connectivity index (χ0v) is 11.9. The van der Waals surface area contributed by atoms with Crippen LogP contribution >= 0.6 is 11.3 Å². The molecule has 1 heterocycles. The molecule has 0 bridgehead atoms. The van der Waals surface area contributed by atoms with E-state index in [9.17, 15) is 9.59 Å². The van der Waals surface area contributed by atoms with Gasteiger partial charge in [0.25, 0.3) is 0 Å². The van der Waals surface area contributed by atoms with E-state index < -0.39 is 5.97 Å². The molecule has 0 saturated heterocycles. The molecular weight excluding hydrogens is 268 g/mol. The van der Waals surface area contributed by atoms with Gasteiger partial charge in [-0.1, -0.05) is 0 Å². The lowest BCUT2D eigenvalue weighted by Gasteiger charge is -2.03. The van der Waals surface area contributed by atoms with Crippen LogP contribution in [0.25, 0.3) is 0 Å². The van der Waals surface area contributed by atoms with Crippen molar-refractivity contribution in [3.05, 3.63) is 15.6 Å². The predicted molar refractivity (Wildman–Crippen MR) is 71.6 cm³/mol. The van der Waals surface area contributed by atoms with Crippen molar-refractivity contribution in [1.82, 2.24) is 10.3 Å². The molecule has 0 unspecified atom stereocenters. The lowest BCUT2D eigenvalue weighted by atomic mass is 10.3. The number of carboxylic acid groups (broad SMARTS) is 1. The third-order valence-electron chi connectivity index (χ3n) is 2.34. The molecule has 1 aromatic rings. The number of thiazole rings is 1. The molecular formula is C12H18N2O4S. The maximum absolute atomic E-state index is 11.6. The van der Waals surface area contributed by atoms with Gasteiger partial charge in [-0.3, -0.25) is 4.79 Å². The molecule has 2 N–H and O–H groups in total. The average molecular weight is 286 g/mol. The standard InChI is InChI=1S/C12H18N2O4S/c1-3-18-6-4-5-13-9(15)7-10-14-8(2)11(19-10)12(16)17/h3-7H2,1-2H3,(H,13,15)(H,16,17). The first-order valence-electron chi connectivity index (χ1n) is 6.08. The maximum atomic E-state index is 11.6. The Hall–Kier alpha value is -1.47. The van der Waals surface area contributed by atoms with E-state index in [0.29, 0.717) is 30.5 Å². The monoisotopic (exact) mass is 286 g/mol. The van der Waals surface area contributed by atoms with Crippen molar-refractivity contribution in [3.8, 4) is 0 Å². The third-order valence-corrected chi connectivity index (χ3v) is 3.48. The smallest absolute Gasteiger partial charge is 0.347 e. The van der Waals surface area contributed by atoms with Crippen LogP contribution in [-0.4, -0.2) is 41.7 Å². The number of hydrogen-bond acceptors (Lipinski definition) is 5. The number of carbonyl (C=O) groups is 2. The number of nitrogens with one attached hydrogen (secondary N) is 1. The molecule has 1 aromatic heterocycles. The van der Waals surface area contributed by atoms with E-state index in [4.69, 9.17) is 9.84 Å². The summed E-state index contributed by atoms with van der Waals surface area (Å²) in [4.78, 5) is 26.7. The topological polar surface area (TPSA) is 88.5 Å². The lowest BCUT2D eigenvalue weighted by molar-refractivity contribution is -0.120. The van der Waals surface area contributed by atoms with E-state index in [0.717, 1.165) is 17.8 Å². The molecule has 1 rings (SSSR count). The molecule has 0 aliphatic carbocycles. The van der Waals surface area contributed by atoms with Crippen LogP contribution in [0.3, 0.4) is 0 Å². The van der Waals surface area contributed by atoms with E-state index in [1.165, 1.54) is 0 Å². The summed E-state index contributed by atoms with van der Waals surface area (Å²) < 4.78 is 5.15. The molecule has 0 aromatic carbocycles. The molecule has 1 amide bonds. The molecule has 7 heteroatoms. The quantitative estimate of drug-likeness (QED) is 0.702. The van der Waals surface area contributed by atoms with Crippen LogP contribution in [0, 0.1) is 6.92 Å². The van der Waals surface area contributed by atoms with E-state index in [1.807, 2.05) is 6.92 Å². The molecule has 19 heavy (non-hydrogen) atoms. The van der Waals surface area contributed by atoms with Gasteiger partial charge in [0, 0.05) is 19.8 Å². The number of aromatic nitrogens is 1. The number of aryl methyl sites for hydroxylation is 1. The fourth-order valence-electron chi connectivity index (χ4n) is 1.47. The minimum Gasteiger partial charge on any atom is -0.477 e. The number of carbonyl (C=O) groups excluding carboxylic acids is 1. The highest BCUT2D eigenvalue weighted by Crippen LogP contribution is 2.18. The molecule has 0 radical (unpaired) electrons. The van der Waals surface area contributed by atoms with Crippen molar-refractivity contribution in [2.24, 2.45) is 0 Å². The van der Waals surface area contributed by atoms with Crippen molar-refractivity contribution in [2.75, 3.05) is 19.8 Å². The van der Waals surface area contributed by atoms with Crippen molar-refractivity contribution in [3.63, 3.8) is 0 Å². The number of amides is 1. The summed E-state index contributed by atoms with van der Waals surface area (Å²) in [5, 5.41) is 12.2. The van der Waals surface area contributed by atoms with Gasteiger partial charge in [-0.2, -0.15) is 0 Å². The maximum Gasteiger partial charge on any atom is 0.347 e. The summed E-state index contributed by atoms with van der Waals surface area (Å²) in [6.07, 6.45) is 0.879. The van der Waals surface area contributed by atoms with Crippen molar-refractivity contribution in [1.29, 1.82) is 0 Å². The van der Waals surface area contributed by atoms with Crippen molar-refractivity contribution in [2.45, 2.75) is 26.7 Å². The largest absolute Gasteiger partial charge is 0.477 e. The number of rotatable bonds is 8. The van der Waals surface area contributed by atoms with Gasteiger partial charge in [-0.15, -0.1) is 11.3 Å². The number of nitrogens with zero attached hydrogens (tertiary/aromatic N) is 1. The van der Waals surface area contributed by atoms with Gasteiger partial charge in [-0.05, 0) is 20.3 Å². The first-order valence-corrected chi connectivity index (χ1v) is 6.90. The van der Waals surface area contributed by atoms with Crippen molar-refractivity contribution < 1.29 is 19.4 Å². The highest BCUT2D eigenvalue weighted by molar-refractivity contribution is 7.13. The minimum absolute atomic E-state index is 0.118. The lowest BCUT2D eigenvalue weighted by Crippen LogP contribution is -2.26. The van der Waals surface area contributed by atoms with Crippen LogP contribution < -0.4 is 5.32 Å². The van der Waals surface area contributed by atoms with Crippen LogP contribution in [0.1, 0.15) is 33.7 Å². The molecule has 0 aliphatic rings. The SMILES string of the molecule is CCOCCCNC(=O)Cc1nc(C)c(C(=O)O)s1. The second-order valence-electron chi connectivity index (χ2n) is 3.90. The van der Waals surface area contributed by atoms with Crippen LogP contribution in [0.2, 0.25) is 0 Å². The summed E-state index contributed by atoms with van der Waals surface area (Å²) in [6, 6.07) is 0. The van der Waals surface area contributed by atoms with Crippen LogP contribution in [-0.2, 0) is 16.0 Å². The Bertz CT molecular complexity index is 445. The molecule has 0 atom stereocenters. The molecule has 0 saturated carbocycles. The van der Waals surface area contributed by atoms with E-state index in [1.54, 1.807) is 6.92 Å². The molecule has 6 nitrogen and oxygen atoms in total. The van der Waals surface area contributed by atoms with Crippen molar-refractivity contribution >= 4 is 23.2 Å². The Morgan fingerprint density at radius 1 is 1.47 bits per heavy atom. The minimum atomic E-state index is -1.00. The van der Waals surface area contributed by atoms with Gasteiger partial charge in [0.05, 0.1) is 12.1 Å². The molecule has 0 fully saturated rings. The van der Waals surface area contributed by atoms with Gasteiger partial charge in [0.15, 0.2) is 0 Å². The van der Waals surface area contributed by atoms with Crippen LogP contribution in [0.5, 0.6) is 0 Å². The van der Waals surface area contributed by atoms with Gasteiger partial charge >= 0.3 is 5.97 Å². The predicted octanol–water partition coefficient (Wildman–Crippen LogP) is 1.24. The Labute approximate surface area is 115 Å². The van der Waals surface area contributed by atoms with Crippen LogP contribution in [0.15, 0.2) is 0 Å². The summed E-state index contributed by atoms with van der Waals surface area (Å²) in [7, 11) is 0. The zero-order valence-electron chi connectivity index (χ0n) is 11.1. The first kappa shape index (κ1) is 15.6.